The number of nitrogen functional groups attached to an aromatic ring is 1. The highest BCUT2D eigenvalue weighted by molar-refractivity contribution is 7.77. The number of hydrogen-bond acceptors (Lipinski definition) is 2. The summed E-state index contributed by atoms with van der Waals surface area (Å²) in [6.07, 6.45) is 0. The van der Waals surface area contributed by atoms with Crippen LogP contribution in [0.4, 0.5) is 5.69 Å². The van der Waals surface area contributed by atoms with Crippen molar-refractivity contribution in [3.63, 3.8) is 0 Å². The van der Waals surface area contributed by atoms with Gasteiger partial charge in [0.2, 0.25) is 0 Å². The summed E-state index contributed by atoms with van der Waals surface area (Å²) in [7, 11) is 0. The van der Waals surface area contributed by atoms with Gasteiger partial charge in [-0.2, -0.15) is 0 Å². The van der Waals surface area contributed by atoms with Gasteiger partial charge in [-0.25, -0.2) is 0 Å². The first-order valence-electron chi connectivity index (χ1n) is 2.90. The zero-order valence-corrected chi connectivity index (χ0v) is 6.82. The van der Waals surface area contributed by atoms with Crippen LogP contribution in [0.1, 0.15) is 5.56 Å². The molecule has 0 amide bonds. The number of aryl methyl sites for hydroxylation is 1. The Bertz CT molecular complexity index is 177. The Morgan fingerprint density at radius 1 is 1.30 bits per heavy atom. The molecule has 1 rings (SSSR count). The molecule has 0 saturated heterocycles. The molecule has 0 unspecified atom stereocenters. The molecule has 0 fully saturated rings. The number of anilines is 1. The van der Waals surface area contributed by atoms with E-state index in [-0.39, 0.29) is 0 Å². The number of rotatable bonds is 0. The van der Waals surface area contributed by atoms with Crippen LogP contribution in [0.15, 0.2) is 24.3 Å². The van der Waals surface area contributed by atoms with Gasteiger partial charge >= 0.3 is 0 Å². The predicted molar refractivity (Wildman–Crippen MR) is 50.3 cm³/mol. The minimum absolute atomic E-state index is 0.868. The van der Waals surface area contributed by atoms with Crippen LogP contribution in [0.2, 0.25) is 0 Å². The Balaban J connectivity index is 0.000000371. The van der Waals surface area contributed by atoms with E-state index in [0.29, 0.717) is 0 Å². The molecule has 0 aliphatic carbocycles. The summed E-state index contributed by atoms with van der Waals surface area (Å²) in [5, 5.41) is 0. The number of thiocarbonyl (C=S) groups is 1. The lowest BCUT2D eigenvalue weighted by Gasteiger charge is -1.93. The van der Waals surface area contributed by atoms with E-state index in [1.54, 1.807) is 0 Å². The average molecular weight is 153 g/mol. The molecular formula is C8H11NS. The quantitative estimate of drug-likeness (QED) is 0.456. The SMILES string of the molecule is C=S.Cc1ccccc1N. The molecule has 10 heavy (non-hydrogen) atoms. The smallest absolute Gasteiger partial charge is 0.0343 e. The van der Waals surface area contributed by atoms with Crippen molar-refractivity contribution in [2.24, 2.45) is 0 Å². The third kappa shape index (κ3) is 2.60. The molecule has 0 radical (unpaired) electrons. The summed E-state index contributed by atoms with van der Waals surface area (Å²) in [6, 6.07) is 7.80. The van der Waals surface area contributed by atoms with Crippen molar-refractivity contribution in [1.29, 1.82) is 0 Å². The van der Waals surface area contributed by atoms with Crippen LogP contribution in [-0.2, 0) is 0 Å². The van der Waals surface area contributed by atoms with Gasteiger partial charge in [-0.15, -0.1) is 0 Å². The summed E-state index contributed by atoms with van der Waals surface area (Å²) in [6.45, 7) is 2.00. The van der Waals surface area contributed by atoms with Crippen molar-refractivity contribution in [3.8, 4) is 0 Å². The van der Waals surface area contributed by atoms with Gasteiger partial charge in [-0.3, -0.25) is 0 Å². The van der Waals surface area contributed by atoms with Gasteiger partial charge < -0.3 is 5.73 Å². The molecule has 0 bridgehead atoms. The van der Waals surface area contributed by atoms with E-state index in [9.17, 15) is 0 Å². The normalized spacial score (nSPS) is 7.70. The van der Waals surface area contributed by atoms with Gasteiger partial charge in [0.25, 0.3) is 0 Å². The molecule has 1 aromatic rings. The first-order valence-corrected chi connectivity index (χ1v) is 3.48. The van der Waals surface area contributed by atoms with E-state index in [4.69, 9.17) is 5.73 Å². The fourth-order valence-electron chi connectivity index (χ4n) is 0.587. The number of nitrogens with two attached hydrogens (primary N) is 1. The second kappa shape index (κ2) is 4.94. The van der Waals surface area contributed by atoms with Crippen molar-refractivity contribution in [2.45, 2.75) is 6.92 Å². The maximum absolute atomic E-state index is 5.52. The van der Waals surface area contributed by atoms with E-state index in [1.807, 2.05) is 31.2 Å². The lowest BCUT2D eigenvalue weighted by Crippen LogP contribution is -1.85. The lowest BCUT2D eigenvalue weighted by atomic mass is 10.2. The van der Waals surface area contributed by atoms with Crippen molar-refractivity contribution >= 4 is 23.8 Å². The first kappa shape index (κ1) is 9.11. The van der Waals surface area contributed by atoms with Crippen molar-refractivity contribution in [1.82, 2.24) is 0 Å². The maximum atomic E-state index is 5.52. The van der Waals surface area contributed by atoms with Gasteiger partial charge in [0.05, 0.1) is 0 Å². The Kier molecular flexibility index (Phi) is 4.50. The first-order chi connectivity index (χ1) is 4.80. The average Bonchev–Trinajstić information content (AvgIpc) is 2.00. The van der Waals surface area contributed by atoms with Crippen LogP contribution in [-0.4, -0.2) is 5.87 Å². The summed E-state index contributed by atoms with van der Waals surface area (Å²) >= 11 is 3.83. The standard InChI is InChI=1S/C7H9N.CH2S/c1-6-4-2-3-5-7(6)8;1-2/h2-5H,8H2,1H3;1H2. The van der Waals surface area contributed by atoms with Gasteiger partial charge in [0, 0.05) is 5.69 Å². The van der Waals surface area contributed by atoms with Crippen molar-refractivity contribution < 1.29 is 0 Å². The fraction of sp³-hybridized carbons (Fsp3) is 0.125. The van der Waals surface area contributed by atoms with Gasteiger partial charge in [0.15, 0.2) is 0 Å². The molecule has 0 heterocycles. The molecule has 2 heteroatoms. The number of benzene rings is 1. The zero-order valence-electron chi connectivity index (χ0n) is 6.00. The molecule has 0 atom stereocenters. The topological polar surface area (TPSA) is 26.0 Å². The zero-order chi connectivity index (χ0) is 7.98. The molecule has 0 aromatic heterocycles. The van der Waals surface area contributed by atoms with Crippen LogP contribution in [0, 0.1) is 6.92 Å². The predicted octanol–water partition coefficient (Wildman–Crippen LogP) is 2.19. The molecule has 0 aliphatic rings. The second-order valence-corrected chi connectivity index (χ2v) is 1.86. The van der Waals surface area contributed by atoms with Gasteiger partial charge in [-0.1, -0.05) is 30.4 Å². The molecule has 0 aliphatic heterocycles. The van der Waals surface area contributed by atoms with E-state index < -0.39 is 0 Å². The van der Waals surface area contributed by atoms with Crippen LogP contribution in [0.3, 0.4) is 0 Å². The maximum Gasteiger partial charge on any atom is 0.0343 e. The fourth-order valence-corrected chi connectivity index (χ4v) is 0.587. The Morgan fingerprint density at radius 2 is 1.80 bits per heavy atom. The Labute approximate surface area is 66.9 Å². The Hall–Kier alpha value is -0.890. The van der Waals surface area contributed by atoms with E-state index >= 15 is 0 Å². The highest BCUT2D eigenvalue weighted by Gasteiger charge is 1.84. The minimum atomic E-state index is 0.868. The molecule has 1 nitrogen and oxygen atoms in total. The van der Waals surface area contributed by atoms with E-state index in [1.165, 1.54) is 0 Å². The third-order valence-corrected chi connectivity index (χ3v) is 1.19. The minimum Gasteiger partial charge on any atom is -0.399 e. The van der Waals surface area contributed by atoms with E-state index in [2.05, 4.69) is 18.1 Å². The van der Waals surface area contributed by atoms with Crippen molar-refractivity contribution in [3.05, 3.63) is 29.8 Å². The monoisotopic (exact) mass is 153 g/mol. The second-order valence-electron chi connectivity index (χ2n) is 1.86. The van der Waals surface area contributed by atoms with Crippen LogP contribution in [0.25, 0.3) is 0 Å². The number of para-hydroxylation sites is 1. The molecular weight excluding hydrogens is 142 g/mol. The van der Waals surface area contributed by atoms with Crippen LogP contribution in [0.5, 0.6) is 0 Å². The van der Waals surface area contributed by atoms with Crippen molar-refractivity contribution in [2.75, 3.05) is 5.73 Å². The third-order valence-electron chi connectivity index (χ3n) is 1.19. The highest BCUT2D eigenvalue weighted by Crippen LogP contribution is 2.06. The summed E-state index contributed by atoms with van der Waals surface area (Å²) in [5.74, 6) is 2.83. The highest BCUT2D eigenvalue weighted by atomic mass is 32.1. The van der Waals surface area contributed by atoms with Crippen LogP contribution < -0.4 is 5.73 Å². The summed E-state index contributed by atoms with van der Waals surface area (Å²) in [5.41, 5.74) is 7.53. The summed E-state index contributed by atoms with van der Waals surface area (Å²) < 4.78 is 0. The molecule has 1 aromatic carbocycles. The Morgan fingerprint density at radius 3 is 2.10 bits per heavy atom. The summed E-state index contributed by atoms with van der Waals surface area (Å²) in [4.78, 5) is 0. The van der Waals surface area contributed by atoms with Gasteiger partial charge in [-0.05, 0) is 24.4 Å². The van der Waals surface area contributed by atoms with E-state index in [0.717, 1.165) is 11.3 Å². The molecule has 0 spiro atoms. The largest absolute Gasteiger partial charge is 0.399 e. The molecule has 2 N–H and O–H groups in total. The van der Waals surface area contributed by atoms with Crippen LogP contribution >= 0.6 is 12.2 Å². The van der Waals surface area contributed by atoms with Gasteiger partial charge in [0.1, 0.15) is 0 Å². The molecule has 54 valence electrons. The number of hydrogen-bond donors (Lipinski definition) is 1. The lowest BCUT2D eigenvalue weighted by molar-refractivity contribution is 1.47. The molecule has 0 saturated carbocycles.